The molecule has 0 radical (unpaired) electrons. The maximum atomic E-state index is 11.6. The molecule has 1 aliphatic carbocycles. The molecule has 3 N–H and O–H groups in total. The molecule has 1 fully saturated rings. The van der Waals surface area contributed by atoms with Gasteiger partial charge in [0.25, 0.3) is 0 Å². The van der Waals surface area contributed by atoms with Crippen molar-refractivity contribution in [2.75, 3.05) is 11.6 Å². The van der Waals surface area contributed by atoms with E-state index in [2.05, 4.69) is 5.32 Å². The van der Waals surface area contributed by atoms with Gasteiger partial charge in [0.1, 0.15) is 0 Å². The molecule has 2 unspecified atom stereocenters. The van der Waals surface area contributed by atoms with E-state index in [1.54, 1.807) is 12.1 Å². The van der Waals surface area contributed by atoms with Crippen molar-refractivity contribution in [2.45, 2.75) is 17.4 Å². The van der Waals surface area contributed by atoms with Crippen molar-refractivity contribution < 1.29 is 13.2 Å². The molecule has 1 amide bonds. The zero-order valence-electron chi connectivity index (χ0n) is 9.38. The molecule has 5 nitrogen and oxygen atoms in total. The first kappa shape index (κ1) is 12.1. The molecule has 0 spiro atoms. The number of rotatable bonds is 3. The minimum Gasteiger partial charge on any atom is -0.327 e. The van der Waals surface area contributed by atoms with Crippen molar-refractivity contribution >= 4 is 21.4 Å². The van der Waals surface area contributed by atoms with Crippen LogP contribution in [-0.2, 0) is 14.6 Å². The third-order valence-corrected chi connectivity index (χ3v) is 3.86. The zero-order valence-corrected chi connectivity index (χ0v) is 10.2. The lowest BCUT2D eigenvalue weighted by atomic mass is 10.3. The number of nitrogens with two attached hydrogens (primary N) is 1. The molecule has 2 atom stereocenters. The maximum absolute atomic E-state index is 11.6. The van der Waals surface area contributed by atoms with E-state index in [9.17, 15) is 13.2 Å². The molecule has 92 valence electrons. The van der Waals surface area contributed by atoms with E-state index in [-0.39, 0.29) is 22.8 Å². The van der Waals surface area contributed by atoms with E-state index >= 15 is 0 Å². The highest BCUT2D eigenvalue weighted by Gasteiger charge is 2.39. The van der Waals surface area contributed by atoms with Crippen LogP contribution in [0.3, 0.4) is 0 Å². The van der Waals surface area contributed by atoms with Crippen LogP contribution in [0.2, 0.25) is 0 Å². The topological polar surface area (TPSA) is 89.3 Å². The summed E-state index contributed by atoms with van der Waals surface area (Å²) in [4.78, 5) is 11.8. The monoisotopic (exact) mass is 254 g/mol. The number of amides is 1. The number of nitrogens with one attached hydrogen (secondary N) is 1. The first-order chi connectivity index (χ1) is 7.88. The van der Waals surface area contributed by atoms with Crippen LogP contribution < -0.4 is 11.1 Å². The van der Waals surface area contributed by atoms with Gasteiger partial charge in [-0.25, -0.2) is 8.42 Å². The molecule has 0 aromatic heterocycles. The fourth-order valence-electron chi connectivity index (χ4n) is 1.54. The van der Waals surface area contributed by atoms with Crippen LogP contribution in [0.5, 0.6) is 0 Å². The predicted molar refractivity (Wildman–Crippen MR) is 64.3 cm³/mol. The van der Waals surface area contributed by atoms with E-state index in [4.69, 9.17) is 5.73 Å². The third kappa shape index (κ3) is 2.83. The van der Waals surface area contributed by atoms with Crippen molar-refractivity contribution in [1.29, 1.82) is 0 Å². The highest BCUT2D eigenvalue weighted by atomic mass is 32.2. The molecule has 0 saturated heterocycles. The van der Waals surface area contributed by atoms with Gasteiger partial charge in [-0.05, 0) is 30.7 Å². The molecule has 1 aromatic carbocycles. The van der Waals surface area contributed by atoms with Crippen LogP contribution in [0.1, 0.15) is 6.42 Å². The smallest absolute Gasteiger partial charge is 0.229 e. The molecule has 0 aliphatic heterocycles. The van der Waals surface area contributed by atoms with Crippen molar-refractivity contribution in [3.8, 4) is 0 Å². The predicted octanol–water partition coefficient (Wildman–Crippen LogP) is 0.376. The molecule has 0 heterocycles. The minimum absolute atomic E-state index is 0.0368. The summed E-state index contributed by atoms with van der Waals surface area (Å²) in [5, 5.41) is 2.70. The molecule has 0 bridgehead atoms. The highest BCUT2D eigenvalue weighted by Crippen LogP contribution is 2.29. The molecular formula is C11H14N2O3S. The number of hydrogen-bond donors (Lipinski definition) is 2. The van der Waals surface area contributed by atoms with Gasteiger partial charge in [0, 0.05) is 18.0 Å². The largest absolute Gasteiger partial charge is 0.327 e. The van der Waals surface area contributed by atoms with E-state index in [1.807, 2.05) is 0 Å². The summed E-state index contributed by atoms with van der Waals surface area (Å²) in [7, 11) is -3.19. The van der Waals surface area contributed by atoms with Crippen molar-refractivity contribution in [2.24, 2.45) is 11.7 Å². The molecular weight excluding hydrogens is 240 g/mol. The molecule has 6 heteroatoms. The molecule has 1 aliphatic rings. The Bertz CT molecular complexity index is 536. The summed E-state index contributed by atoms with van der Waals surface area (Å²) in [5.74, 6) is -0.214. The van der Waals surface area contributed by atoms with E-state index in [0.717, 1.165) is 6.26 Å². The fourth-order valence-corrected chi connectivity index (χ4v) is 2.17. The van der Waals surface area contributed by atoms with Crippen LogP contribution in [0.25, 0.3) is 0 Å². The summed E-state index contributed by atoms with van der Waals surface area (Å²) in [6.45, 7) is 0. The second-order valence-corrected chi connectivity index (χ2v) is 6.31. The Morgan fingerprint density at radius 1 is 1.35 bits per heavy atom. The van der Waals surface area contributed by atoms with Gasteiger partial charge in [-0.2, -0.15) is 0 Å². The SMILES string of the molecule is CS(=O)(=O)c1ccc(NC(=O)C2CC2N)cc1. The highest BCUT2D eigenvalue weighted by molar-refractivity contribution is 7.90. The Balaban J connectivity index is 2.06. The lowest BCUT2D eigenvalue weighted by Crippen LogP contribution is -2.18. The lowest BCUT2D eigenvalue weighted by Gasteiger charge is -2.05. The number of carbonyl (C=O) groups is 1. The van der Waals surface area contributed by atoms with Gasteiger partial charge < -0.3 is 11.1 Å². The maximum Gasteiger partial charge on any atom is 0.229 e. The Hall–Kier alpha value is -1.40. The van der Waals surface area contributed by atoms with Crippen LogP contribution in [0.4, 0.5) is 5.69 Å². The Morgan fingerprint density at radius 3 is 2.29 bits per heavy atom. The fraction of sp³-hybridized carbons (Fsp3) is 0.364. The summed E-state index contributed by atoms with van der Waals surface area (Å²) in [6.07, 6.45) is 1.86. The van der Waals surface area contributed by atoms with Crippen LogP contribution >= 0.6 is 0 Å². The summed E-state index contributed by atoms with van der Waals surface area (Å²) in [5.41, 5.74) is 6.15. The van der Waals surface area contributed by atoms with Gasteiger partial charge in [-0.3, -0.25) is 4.79 Å². The van der Waals surface area contributed by atoms with Crippen molar-refractivity contribution in [1.82, 2.24) is 0 Å². The Morgan fingerprint density at radius 2 is 1.88 bits per heavy atom. The van der Waals surface area contributed by atoms with Crippen LogP contribution in [-0.4, -0.2) is 26.6 Å². The number of anilines is 1. The average Bonchev–Trinajstić information content (AvgIpc) is 2.95. The van der Waals surface area contributed by atoms with Crippen molar-refractivity contribution in [3.05, 3.63) is 24.3 Å². The number of benzene rings is 1. The van der Waals surface area contributed by atoms with Gasteiger partial charge in [-0.15, -0.1) is 0 Å². The summed E-state index contributed by atoms with van der Waals surface area (Å²) < 4.78 is 22.4. The summed E-state index contributed by atoms with van der Waals surface area (Å²) in [6, 6.07) is 6.05. The Labute approximate surface area is 99.9 Å². The number of hydrogen-bond acceptors (Lipinski definition) is 4. The zero-order chi connectivity index (χ0) is 12.6. The summed E-state index contributed by atoms with van der Waals surface area (Å²) >= 11 is 0. The van der Waals surface area contributed by atoms with Gasteiger partial charge in [0.15, 0.2) is 9.84 Å². The van der Waals surface area contributed by atoms with Crippen LogP contribution in [0, 0.1) is 5.92 Å². The number of carbonyl (C=O) groups excluding carboxylic acids is 1. The third-order valence-electron chi connectivity index (χ3n) is 2.73. The first-order valence-corrected chi connectivity index (χ1v) is 7.13. The molecule has 1 aromatic rings. The molecule has 17 heavy (non-hydrogen) atoms. The van der Waals surface area contributed by atoms with E-state index in [1.165, 1.54) is 12.1 Å². The molecule has 1 saturated carbocycles. The van der Waals surface area contributed by atoms with Gasteiger partial charge in [-0.1, -0.05) is 0 Å². The van der Waals surface area contributed by atoms with Gasteiger partial charge in [0.2, 0.25) is 5.91 Å². The van der Waals surface area contributed by atoms with Crippen LogP contribution in [0.15, 0.2) is 29.2 Å². The molecule has 2 rings (SSSR count). The second-order valence-electron chi connectivity index (χ2n) is 4.29. The minimum atomic E-state index is -3.19. The Kier molecular flexibility index (Phi) is 2.92. The van der Waals surface area contributed by atoms with Gasteiger partial charge >= 0.3 is 0 Å². The lowest BCUT2D eigenvalue weighted by molar-refractivity contribution is -0.117. The average molecular weight is 254 g/mol. The first-order valence-electron chi connectivity index (χ1n) is 5.24. The van der Waals surface area contributed by atoms with Crippen molar-refractivity contribution in [3.63, 3.8) is 0 Å². The van der Waals surface area contributed by atoms with Gasteiger partial charge in [0.05, 0.1) is 10.8 Å². The standard InChI is InChI=1S/C11H14N2O3S/c1-17(15,16)8-4-2-7(3-5-8)13-11(14)9-6-10(9)12/h2-5,9-10H,6,12H2,1H3,(H,13,14). The van der Waals surface area contributed by atoms with E-state index < -0.39 is 9.84 Å². The van der Waals surface area contributed by atoms with E-state index in [0.29, 0.717) is 12.1 Å². The normalized spacial score (nSPS) is 23.2. The quantitative estimate of drug-likeness (QED) is 0.815. The number of sulfone groups is 1. The second kappa shape index (κ2) is 4.12.